The van der Waals surface area contributed by atoms with E-state index in [-0.39, 0.29) is 12.4 Å². The highest BCUT2D eigenvalue weighted by atomic mass is 35.5. The number of carbonyl (C=O) groups excluding carboxylic acids is 1. The molecule has 0 fully saturated rings. The number of nitrogens with one attached hydrogen (secondary N) is 1. The number of primary amides is 1. The van der Waals surface area contributed by atoms with Gasteiger partial charge in [0.2, 0.25) is 5.91 Å². The standard InChI is InChI=1S/C25H19ClF2N2OS/c1-14(30-13-24(29)31)16-3-2-4-17(10-16)21-5-6-23(28)22-12-20(32-25(21)22)9-15-7-18(26)11-19(27)8-15/h2-8,10-12,30H,1,9,13H2,(H2,29,31). The molecule has 162 valence electrons. The fraction of sp³-hybridized carbons (Fsp3) is 0.0800. The van der Waals surface area contributed by atoms with E-state index in [1.165, 1.54) is 29.5 Å². The third-order valence-electron chi connectivity index (χ3n) is 4.98. The van der Waals surface area contributed by atoms with Crippen LogP contribution in [-0.2, 0) is 11.2 Å². The van der Waals surface area contributed by atoms with E-state index < -0.39 is 11.7 Å². The van der Waals surface area contributed by atoms with Gasteiger partial charge in [0.15, 0.2) is 0 Å². The van der Waals surface area contributed by atoms with Gasteiger partial charge in [0.05, 0.1) is 6.54 Å². The van der Waals surface area contributed by atoms with Crippen LogP contribution in [-0.4, -0.2) is 12.5 Å². The van der Waals surface area contributed by atoms with Crippen LogP contribution in [0, 0.1) is 11.6 Å². The lowest BCUT2D eigenvalue weighted by Crippen LogP contribution is -2.27. The van der Waals surface area contributed by atoms with Gasteiger partial charge in [-0.3, -0.25) is 4.79 Å². The zero-order valence-corrected chi connectivity index (χ0v) is 18.5. The lowest BCUT2D eigenvalue weighted by molar-refractivity contribution is -0.117. The van der Waals surface area contributed by atoms with Crippen molar-refractivity contribution in [1.29, 1.82) is 0 Å². The second kappa shape index (κ2) is 9.10. The maximum atomic E-state index is 14.6. The fourth-order valence-corrected chi connectivity index (χ4v) is 5.02. The van der Waals surface area contributed by atoms with Gasteiger partial charge in [-0.15, -0.1) is 11.3 Å². The highest BCUT2D eigenvalue weighted by Crippen LogP contribution is 2.38. The van der Waals surface area contributed by atoms with E-state index in [1.54, 1.807) is 18.2 Å². The third-order valence-corrected chi connectivity index (χ3v) is 6.37. The van der Waals surface area contributed by atoms with Gasteiger partial charge in [0.1, 0.15) is 11.6 Å². The van der Waals surface area contributed by atoms with Crippen LogP contribution in [0.1, 0.15) is 16.0 Å². The molecule has 1 aromatic heterocycles. The first-order valence-electron chi connectivity index (χ1n) is 9.78. The molecule has 7 heteroatoms. The van der Waals surface area contributed by atoms with E-state index in [9.17, 15) is 13.6 Å². The van der Waals surface area contributed by atoms with Crippen molar-refractivity contribution in [2.75, 3.05) is 6.54 Å². The van der Waals surface area contributed by atoms with Gasteiger partial charge in [-0.05, 0) is 58.7 Å². The van der Waals surface area contributed by atoms with Crippen molar-refractivity contribution in [2.45, 2.75) is 6.42 Å². The largest absolute Gasteiger partial charge is 0.376 e. The zero-order valence-electron chi connectivity index (χ0n) is 16.9. The molecular weight excluding hydrogens is 450 g/mol. The van der Waals surface area contributed by atoms with Crippen LogP contribution >= 0.6 is 22.9 Å². The summed E-state index contributed by atoms with van der Waals surface area (Å²) >= 11 is 7.43. The summed E-state index contributed by atoms with van der Waals surface area (Å²) in [5.74, 6) is -1.19. The van der Waals surface area contributed by atoms with Crippen LogP contribution in [0.4, 0.5) is 8.78 Å². The van der Waals surface area contributed by atoms with Crippen molar-refractivity contribution in [1.82, 2.24) is 5.32 Å². The summed E-state index contributed by atoms with van der Waals surface area (Å²) in [4.78, 5) is 11.9. The molecule has 4 rings (SSSR count). The van der Waals surface area contributed by atoms with Crippen LogP contribution in [0.2, 0.25) is 5.02 Å². The number of carbonyl (C=O) groups is 1. The van der Waals surface area contributed by atoms with Crippen molar-refractivity contribution in [3.8, 4) is 11.1 Å². The zero-order chi connectivity index (χ0) is 22.8. The number of hydrogen-bond donors (Lipinski definition) is 2. The number of benzene rings is 3. The Kier molecular flexibility index (Phi) is 6.26. The van der Waals surface area contributed by atoms with Crippen LogP contribution in [0.3, 0.4) is 0 Å². The quantitative estimate of drug-likeness (QED) is 0.342. The molecule has 0 unspecified atom stereocenters. The molecule has 4 aromatic rings. The lowest BCUT2D eigenvalue weighted by Gasteiger charge is -2.11. The minimum atomic E-state index is -0.478. The summed E-state index contributed by atoms with van der Waals surface area (Å²) in [6.45, 7) is 3.94. The minimum absolute atomic E-state index is 0.0117. The summed E-state index contributed by atoms with van der Waals surface area (Å²) in [5, 5.41) is 3.74. The monoisotopic (exact) mass is 468 g/mol. The Morgan fingerprint density at radius 2 is 1.91 bits per heavy atom. The molecule has 0 aliphatic rings. The molecule has 1 amide bonds. The van der Waals surface area contributed by atoms with Gasteiger partial charge in [0.25, 0.3) is 0 Å². The van der Waals surface area contributed by atoms with Crippen molar-refractivity contribution in [3.05, 3.63) is 99.9 Å². The molecule has 0 spiro atoms. The molecule has 3 nitrogen and oxygen atoms in total. The summed E-state index contributed by atoms with van der Waals surface area (Å²) in [7, 11) is 0. The summed E-state index contributed by atoms with van der Waals surface area (Å²) in [6, 6.07) is 17.0. The predicted octanol–water partition coefficient (Wildman–Crippen LogP) is 6.14. The highest BCUT2D eigenvalue weighted by Gasteiger charge is 2.14. The molecule has 0 saturated heterocycles. The maximum Gasteiger partial charge on any atom is 0.236 e. The van der Waals surface area contributed by atoms with Crippen molar-refractivity contribution in [2.24, 2.45) is 5.73 Å². The first kappa shape index (κ1) is 22.0. The van der Waals surface area contributed by atoms with Crippen molar-refractivity contribution >= 4 is 44.6 Å². The van der Waals surface area contributed by atoms with Gasteiger partial charge in [-0.25, -0.2) is 8.78 Å². The van der Waals surface area contributed by atoms with Gasteiger partial charge in [-0.2, -0.15) is 0 Å². The molecule has 0 saturated carbocycles. The van der Waals surface area contributed by atoms with Crippen LogP contribution in [0.5, 0.6) is 0 Å². The molecule has 0 aliphatic heterocycles. The van der Waals surface area contributed by atoms with Crippen molar-refractivity contribution < 1.29 is 13.6 Å². The van der Waals surface area contributed by atoms with Crippen LogP contribution in [0.25, 0.3) is 26.9 Å². The highest BCUT2D eigenvalue weighted by molar-refractivity contribution is 7.19. The summed E-state index contributed by atoms with van der Waals surface area (Å²) in [6.07, 6.45) is 0.448. The van der Waals surface area contributed by atoms with Gasteiger partial charge < -0.3 is 11.1 Å². The topological polar surface area (TPSA) is 55.1 Å². The normalized spacial score (nSPS) is 11.0. The van der Waals surface area contributed by atoms with E-state index in [2.05, 4.69) is 11.9 Å². The SMILES string of the molecule is C=C(NCC(N)=O)c1cccc(-c2ccc(F)c3cc(Cc4cc(F)cc(Cl)c4)sc23)c1. The number of rotatable bonds is 7. The Morgan fingerprint density at radius 1 is 1.09 bits per heavy atom. The van der Waals surface area contributed by atoms with Crippen LogP contribution < -0.4 is 11.1 Å². The Balaban J connectivity index is 1.71. The molecular formula is C25H19ClF2N2OS. The minimum Gasteiger partial charge on any atom is -0.376 e. The molecule has 0 aliphatic carbocycles. The fourth-order valence-electron chi connectivity index (χ4n) is 3.54. The lowest BCUT2D eigenvalue weighted by atomic mass is 10.0. The molecule has 0 radical (unpaired) electrons. The molecule has 0 bridgehead atoms. The van der Waals surface area contributed by atoms with E-state index in [0.29, 0.717) is 22.5 Å². The molecule has 32 heavy (non-hydrogen) atoms. The number of halogens is 3. The van der Waals surface area contributed by atoms with Gasteiger partial charge >= 0.3 is 0 Å². The molecule has 1 heterocycles. The number of nitrogens with two attached hydrogens (primary N) is 1. The number of thiophene rings is 1. The first-order chi connectivity index (χ1) is 15.3. The molecule has 3 N–H and O–H groups in total. The number of fused-ring (bicyclic) bond motifs is 1. The summed E-state index contributed by atoms with van der Waals surface area (Å²) in [5.41, 5.74) is 9.04. The summed E-state index contributed by atoms with van der Waals surface area (Å²) < 4.78 is 29.1. The Bertz CT molecular complexity index is 1330. The Labute approximate surface area is 193 Å². The average Bonchev–Trinajstić information content (AvgIpc) is 3.16. The average molecular weight is 469 g/mol. The smallest absolute Gasteiger partial charge is 0.236 e. The Hall–Kier alpha value is -3.22. The second-order valence-corrected chi connectivity index (χ2v) is 8.96. The third kappa shape index (κ3) is 4.82. The maximum absolute atomic E-state index is 14.6. The first-order valence-corrected chi connectivity index (χ1v) is 11.0. The van der Waals surface area contributed by atoms with Crippen molar-refractivity contribution in [3.63, 3.8) is 0 Å². The Morgan fingerprint density at radius 3 is 2.66 bits per heavy atom. The van der Waals surface area contributed by atoms with E-state index >= 15 is 0 Å². The van der Waals surface area contributed by atoms with Gasteiger partial charge in [-0.1, -0.05) is 42.4 Å². The van der Waals surface area contributed by atoms with E-state index in [0.717, 1.165) is 31.8 Å². The second-order valence-electron chi connectivity index (χ2n) is 7.38. The van der Waals surface area contributed by atoms with E-state index in [4.69, 9.17) is 17.3 Å². The molecule has 0 atom stereocenters. The van der Waals surface area contributed by atoms with Crippen LogP contribution in [0.15, 0.2) is 67.2 Å². The number of amides is 1. The molecule has 3 aromatic carbocycles. The van der Waals surface area contributed by atoms with E-state index in [1.807, 2.05) is 24.3 Å². The predicted molar refractivity (Wildman–Crippen MR) is 128 cm³/mol. The number of hydrogen-bond acceptors (Lipinski definition) is 3. The van der Waals surface area contributed by atoms with Gasteiger partial charge in [0, 0.05) is 32.1 Å².